The fraction of sp³-hybridized carbons (Fsp3) is 0.235. The van der Waals surface area contributed by atoms with E-state index in [1.54, 1.807) is 14.2 Å². The minimum atomic E-state index is 0.554. The Hall–Kier alpha value is -2.49. The molecule has 0 radical (unpaired) electrons. The molecule has 0 aliphatic carbocycles. The van der Waals surface area contributed by atoms with Gasteiger partial charge in [-0.25, -0.2) is 4.98 Å². The number of oxazole rings is 1. The maximum absolute atomic E-state index is 5.92. The summed E-state index contributed by atoms with van der Waals surface area (Å²) in [6.45, 7) is 4.07. The number of fused-ring (bicyclic) bond motifs is 1. The van der Waals surface area contributed by atoms with E-state index < -0.39 is 0 Å². The van der Waals surface area contributed by atoms with Crippen molar-refractivity contribution in [3.05, 3.63) is 41.5 Å². The summed E-state index contributed by atoms with van der Waals surface area (Å²) in [5.41, 5.74) is 4.73. The van der Waals surface area contributed by atoms with E-state index in [4.69, 9.17) is 13.9 Å². The van der Waals surface area contributed by atoms with Gasteiger partial charge in [0.1, 0.15) is 17.0 Å². The maximum atomic E-state index is 5.92. The fourth-order valence-electron chi connectivity index (χ4n) is 2.47. The molecule has 0 N–H and O–H groups in total. The highest BCUT2D eigenvalue weighted by molar-refractivity contribution is 5.81. The van der Waals surface area contributed by atoms with Crippen molar-refractivity contribution in [1.82, 2.24) is 4.98 Å². The van der Waals surface area contributed by atoms with Crippen LogP contribution in [-0.2, 0) is 0 Å². The third-order valence-electron chi connectivity index (χ3n) is 3.46. The van der Waals surface area contributed by atoms with Crippen LogP contribution in [0.3, 0.4) is 0 Å². The summed E-state index contributed by atoms with van der Waals surface area (Å²) in [4.78, 5) is 4.58. The zero-order valence-electron chi connectivity index (χ0n) is 12.6. The molecule has 1 heterocycles. The zero-order valence-corrected chi connectivity index (χ0v) is 12.6. The van der Waals surface area contributed by atoms with Gasteiger partial charge in [0, 0.05) is 6.07 Å². The highest BCUT2D eigenvalue weighted by Crippen LogP contribution is 2.35. The molecular formula is C17H17NO3. The second kappa shape index (κ2) is 5.13. The normalized spacial score (nSPS) is 10.9. The van der Waals surface area contributed by atoms with Crippen molar-refractivity contribution in [1.29, 1.82) is 0 Å². The van der Waals surface area contributed by atoms with Gasteiger partial charge in [0.15, 0.2) is 5.58 Å². The van der Waals surface area contributed by atoms with Gasteiger partial charge in [0.05, 0.1) is 19.8 Å². The lowest BCUT2D eigenvalue weighted by atomic mass is 10.1. The highest BCUT2D eigenvalue weighted by atomic mass is 16.5. The Morgan fingerprint density at radius 1 is 1.00 bits per heavy atom. The van der Waals surface area contributed by atoms with Gasteiger partial charge in [-0.05, 0) is 43.2 Å². The molecule has 0 atom stereocenters. The van der Waals surface area contributed by atoms with Gasteiger partial charge in [0.25, 0.3) is 0 Å². The van der Waals surface area contributed by atoms with Crippen molar-refractivity contribution in [2.45, 2.75) is 13.8 Å². The number of methoxy groups -OCH3 is 2. The summed E-state index contributed by atoms with van der Waals surface area (Å²) in [6, 6.07) is 9.69. The van der Waals surface area contributed by atoms with Crippen molar-refractivity contribution >= 4 is 11.1 Å². The number of hydrogen-bond acceptors (Lipinski definition) is 4. The van der Waals surface area contributed by atoms with Gasteiger partial charge in [-0.1, -0.05) is 6.07 Å². The van der Waals surface area contributed by atoms with Gasteiger partial charge in [0.2, 0.25) is 5.89 Å². The number of benzene rings is 2. The van der Waals surface area contributed by atoms with Crippen molar-refractivity contribution in [3.8, 4) is 23.0 Å². The first-order valence-electron chi connectivity index (χ1n) is 6.72. The van der Waals surface area contributed by atoms with E-state index in [1.807, 2.05) is 31.2 Å². The first-order chi connectivity index (χ1) is 10.1. The lowest BCUT2D eigenvalue weighted by Gasteiger charge is -2.07. The predicted octanol–water partition coefficient (Wildman–Crippen LogP) is 4.13. The van der Waals surface area contributed by atoms with Crippen LogP contribution in [-0.4, -0.2) is 19.2 Å². The van der Waals surface area contributed by atoms with Gasteiger partial charge in [-0.3, -0.25) is 0 Å². The first-order valence-corrected chi connectivity index (χ1v) is 6.72. The molecular weight excluding hydrogens is 266 g/mol. The van der Waals surface area contributed by atoms with E-state index in [2.05, 4.69) is 18.0 Å². The number of rotatable bonds is 3. The Balaban J connectivity index is 2.18. The van der Waals surface area contributed by atoms with Gasteiger partial charge in [-0.2, -0.15) is 0 Å². The van der Waals surface area contributed by atoms with Crippen LogP contribution in [0.2, 0.25) is 0 Å². The Morgan fingerprint density at radius 2 is 1.81 bits per heavy atom. The number of hydrogen-bond donors (Lipinski definition) is 0. The van der Waals surface area contributed by atoms with Crippen molar-refractivity contribution in [2.75, 3.05) is 14.2 Å². The van der Waals surface area contributed by atoms with Crippen LogP contribution < -0.4 is 9.47 Å². The SMILES string of the molecule is COc1ccc(-c2nc3cc(C)cc(C)c3o2)c(OC)c1. The molecule has 3 rings (SSSR count). The molecule has 0 saturated heterocycles. The smallest absolute Gasteiger partial charge is 0.231 e. The summed E-state index contributed by atoms with van der Waals surface area (Å²) in [5, 5.41) is 0. The van der Waals surface area contributed by atoms with Gasteiger partial charge < -0.3 is 13.9 Å². The Morgan fingerprint density at radius 3 is 2.52 bits per heavy atom. The summed E-state index contributed by atoms with van der Waals surface area (Å²) < 4.78 is 16.5. The fourth-order valence-corrected chi connectivity index (χ4v) is 2.47. The molecule has 0 saturated carbocycles. The molecule has 0 unspecified atom stereocenters. The molecule has 2 aromatic carbocycles. The Labute approximate surface area is 123 Å². The zero-order chi connectivity index (χ0) is 15.0. The average Bonchev–Trinajstić information content (AvgIpc) is 2.90. The standard InChI is InChI=1S/C17H17NO3/c1-10-7-11(2)16-14(8-10)18-17(21-16)13-6-5-12(19-3)9-15(13)20-4/h5-9H,1-4H3. The summed E-state index contributed by atoms with van der Waals surface area (Å²) in [5.74, 6) is 1.97. The van der Waals surface area contributed by atoms with Crippen molar-refractivity contribution in [3.63, 3.8) is 0 Å². The second-order valence-corrected chi connectivity index (χ2v) is 5.02. The minimum absolute atomic E-state index is 0.554. The summed E-state index contributed by atoms with van der Waals surface area (Å²) in [6.07, 6.45) is 0. The molecule has 3 aromatic rings. The molecule has 0 amide bonds. The quantitative estimate of drug-likeness (QED) is 0.725. The highest BCUT2D eigenvalue weighted by Gasteiger charge is 2.15. The predicted molar refractivity (Wildman–Crippen MR) is 82.0 cm³/mol. The molecule has 0 aliphatic heterocycles. The molecule has 21 heavy (non-hydrogen) atoms. The molecule has 0 spiro atoms. The van der Waals surface area contributed by atoms with Crippen molar-refractivity contribution < 1.29 is 13.9 Å². The van der Waals surface area contributed by atoms with E-state index >= 15 is 0 Å². The third-order valence-corrected chi connectivity index (χ3v) is 3.46. The maximum Gasteiger partial charge on any atom is 0.231 e. The largest absolute Gasteiger partial charge is 0.497 e. The first kappa shape index (κ1) is 13.5. The van der Waals surface area contributed by atoms with E-state index in [0.717, 1.165) is 28.0 Å². The van der Waals surface area contributed by atoms with Crippen LogP contribution in [0.4, 0.5) is 0 Å². The van der Waals surface area contributed by atoms with Gasteiger partial charge >= 0.3 is 0 Å². The van der Waals surface area contributed by atoms with E-state index in [-0.39, 0.29) is 0 Å². The van der Waals surface area contributed by atoms with Crippen LogP contribution in [0, 0.1) is 13.8 Å². The second-order valence-electron chi connectivity index (χ2n) is 5.02. The molecule has 0 bridgehead atoms. The summed E-state index contributed by atoms with van der Waals surface area (Å²) >= 11 is 0. The summed E-state index contributed by atoms with van der Waals surface area (Å²) in [7, 11) is 3.25. The monoisotopic (exact) mass is 283 g/mol. The van der Waals surface area contributed by atoms with Crippen LogP contribution in [0.1, 0.15) is 11.1 Å². The van der Waals surface area contributed by atoms with Crippen molar-refractivity contribution in [2.24, 2.45) is 0 Å². The Kier molecular flexibility index (Phi) is 3.29. The molecule has 4 nitrogen and oxygen atoms in total. The van der Waals surface area contributed by atoms with E-state index in [9.17, 15) is 0 Å². The topological polar surface area (TPSA) is 44.5 Å². The number of ether oxygens (including phenoxy) is 2. The van der Waals surface area contributed by atoms with Gasteiger partial charge in [-0.15, -0.1) is 0 Å². The lowest BCUT2D eigenvalue weighted by molar-refractivity contribution is 0.394. The molecule has 0 fully saturated rings. The number of nitrogens with zero attached hydrogens (tertiary/aromatic N) is 1. The van der Waals surface area contributed by atoms with E-state index in [0.29, 0.717) is 11.6 Å². The molecule has 108 valence electrons. The Bertz CT molecular complexity index is 805. The van der Waals surface area contributed by atoms with E-state index in [1.165, 1.54) is 5.56 Å². The number of aromatic nitrogens is 1. The van der Waals surface area contributed by atoms with Crippen LogP contribution >= 0.6 is 0 Å². The third kappa shape index (κ3) is 2.33. The minimum Gasteiger partial charge on any atom is -0.497 e. The molecule has 1 aromatic heterocycles. The molecule has 4 heteroatoms. The molecule has 0 aliphatic rings. The van der Waals surface area contributed by atoms with Crippen LogP contribution in [0.25, 0.3) is 22.6 Å². The van der Waals surface area contributed by atoms with Crippen LogP contribution in [0.15, 0.2) is 34.7 Å². The average molecular weight is 283 g/mol. The van der Waals surface area contributed by atoms with Crippen LogP contribution in [0.5, 0.6) is 11.5 Å². The number of aryl methyl sites for hydroxylation is 2. The lowest BCUT2D eigenvalue weighted by Crippen LogP contribution is -1.90.